The van der Waals surface area contributed by atoms with Crippen molar-refractivity contribution in [1.82, 2.24) is 5.32 Å². The molecule has 0 saturated heterocycles. The van der Waals surface area contributed by atoms with Crippen molar-refractivity contribution in [2.45, 2.75) is 44.4 Å². The molecule has 1 N–H and O–H groups in total. The van der Waals surface area contributed by atoms with E-state index in [0.717, 1.165) is 16.2 Å². The van der Waals surface area contributed by atoms with E-state index in [4.69, 9.17) is 0 Å². The number of hydrogen-bond donors (Lipinski definition) is 1. The zero-order chi connectivity index (χ0) is 14.8. The summed E-state index contributed by atoms with van der Waals surface area (Å²) in [5.41, 5.74) is 0. The van der Waals surface area contributed by atoms with Crippen LogP contribution in [0.15, 0.2) is 12.1 Å². The molecule has 1 fully saturated rings. The Morgan fingerprint density at radius 3 is 2.45 bits per heavy atom. The normalized spacial score (nSPS) is 23.8. The lowest BCUT2D eigenvalue weighted by Gasteiger charge is -2.30. The smallest absolute Gasteiger partial charge is 0.309 e. The summed E-state index contributed by atoms with van der Waals surface area (Å²) in [6.07, 6.45) is -2.77. The van der Waals surface area contributed by atoms with Crippen LogP contribution < -0.4 is 5.32 Å². The van der Waals surface area contributed by atoms with Gasteiger partial charge in [0, 0.05) is 23.5 Å². The molecular weight excluding hydrogens is 293 g/mol. The van der Waals surface area contributed by atoms with Gasteiger partial charge < -0.3 is 5.32 Å². The maximum absolute atomic E-state index is 12.5. The third kappa shape index (κ3) is 3.92. The first kappa shape index (κ1) is 15.2. The van der Waals surface area contributed by atoms with Crippen molar-refractivity contribution in [3.8, 4) is 0 Å². The van der Waals surface area contributed by atoms with Crippen molar-refractivity contribution in [2.75, 3.05) is 0 Å². The molecule has 0 atom stereocenters. The van der Waals surface area contributed by atoms with Gasteiger partial charge in [-0.3, -0.25) is 10.1 Å². The number of thiophene rings is 1. The zero-order valence-electron chi connectivity index (χ0n) is 10.7. The maximum Gasteiger partial charge on any atom is 0.391 e. The van der Waals surface area contributed by atoms with Crippen LogP contribution >= 0.6 is 11.3 Å². The Kier molecular flexibility index (Phi) is 4.64. The molecule has 1 heterocycles. The number of hydrogen-bond acceptors (Lipinski definition) is 4. The Labute approximate surface area is 118 Å². The molecule has 0 radical (unpaired) electrons. The second-order valence-electron chi connectivity index (χ2n) is 4.97. The van der Waals surface area contributed by atoms with E-state index in [1.807, 2.05) is 0 Å². The van der Waals surface area contributed by atoms with Crippen LogP contribution in [0.1, 0.15) is 30.6 Å². The number of nitrogens with one attached hydrogen (secondary N) is 1. The third-order valence-corrected chi connectivity index (χ3v) is 4.62. The molecule has 0 aliphatic heterocycles. The SMILES string of the molecule is O=[N+]([O-])c1ccc(CNC2CCC(C(F)(F)F)CC2)s1. The summed E-state index contributed by atoms with van der Waals surface area (Å²) < 4.78 is 37.5. The van der Waals surface area contributed by atoms with Gasteiger partial charge in [0.2, 0.25) is 0 Å². The molecule has 1 saturated carbocycles. The first-order chi connectivity index (χ1) is 9.36. The van der Waals surface area contributed by atoms with Gasteiger partial charge in [0.15, 0.2) is 0 Å². The number of rotatable bonds is 4. The van der Waals surface area contributed by atoms with Gasteiger partial charge in [-0.2, -0.15) is 13.2 Å². The highest BCUT2D eigenvalue weighted by molar-refractivity contribution is 7.15. The minimum atomic E-state index is -4.08. The van der Waals surface area contributed by atoms with Crippen LogP contribution in [0.4, 0.5) is 18.2 Å². The average Bonchev–Trinajstić information content (AvgIpc) is 2.85. The first-order valence-corrected chi connectivity index (χ1v) is 7.21. The van der Waals surface area contributed by atoms with Crippen LogP contribution in [0, 0.1) is 16.0 Å². The fourth-order valence-electron chi connectivity index (χ4n) is 2.43. The fraction of sp³-hybridized carbons (Fsp3) is 0.667. The molecule has 8 heteroatoms. The highest BCUT2D eigenvalue weighted by Crippen LogP contribution is 2.37. The Morgan fingerprint density at radius 1 is 1.30 bits per heavy atom. The zero-order valence-corrected chi connectivity index (χ0v) is 11.5. The van der Waals surface area contributed by atoms with Gasteiger partial charge in [0.25, 0.3) is 0 Å². The van der Waals surface area contributed by atoms with Gasteiger partial charge in [0.1, 0.15) is 0 Å². The second kappa shape index (κ2) is 6.09. The Morgan fingerprint density at radius 2 is 1.95 bits per heavy atom. The summed E-state index contributed by atoms with van der Waals surface area (Å²) >= 11 is 1.09. The van der Waals surface area contributed by atoms with Gasteiger partial charge >= 0.3 is 11.2 Å². The second-order valence-corrected chi connectivity index (χ2v) is 6.11. The summed E-state index contributed by atoms with van der Waals surface area (Å²) in [6, 6.07) is 3.19. The van der Waals surface area contributed by atoms with E-state index in [0.29, 0.717) is 19.4 Å². The van der Waals surface area contributed by atoms with Crippen molar-refractivity contribution >= 4 is 16.3 Å². The minimum absolute atomic E-state index is 0.0646. The lowest BCUT2D eigenvalue weighted by Crippen LogP contribution is -2.36. The third-order valence-electron chi connectivity index (χ3n) is 3.58. The number of nitrogens with zero attached hydrogens (tertiary/aromatic N) is 1. The predicted octanol–water partition coefficient (Wildman–Crippen LogP) is 3.87. The monoisotopic (exact) mass is 308 g/mol. The van der Waals surface area contributed by atoms with E-state index >= 15 is 0 Å². The summed E-state index contributed by atoms with van der Waals surface area (Å²) in [6.45, 7) is 0.472. The molecule has 0 aromatic carbocycles. The van der Waals surface area contributed by atoms with E-state index in [9.17, 15) is 23.3 Å². The van der Waals surface area contributed by atoms with Crippen LogP contribution in [0.5, 0.6) is 0 Å². The van der Waals surface area contributed by atoms with Gasteiger partial charge in [-0.1, -0.05) is 11.3 Å². The lowest BCUT2D eigenvalue weighted by molar-refractivity contribution is -0.380. The molecule has 2 rings (SSSR count). The van der Waals surface area contributed by atoms with Crippen LogP contribution in [-0.4, -0.2) is 17.1 Å². The van der Waals surface area contributed by atoms with Gasteiger partial charge in [0.05, 0.1) is 10.8 Å². The maximum atomic E-state index is 12.5. The molecule has 20 heavy (non-hydrogen) atoms. The van der Waals surface area contributed by atoms with Gasteiger partial charge in [-0.15, -0.1) is 0 Å². The van der Waals surface area contributed by atoms with Crippen molar-refractivity contribution in [3.05, 3.63) is 27.1 Å². The molecule has 1 aliphatic carbocycles. The molecule has 1 aromatic rings. The molecule has 112 valence electrons. The van der Waals surface area contributed by atoms with E-state index < -0.39 is 17.0 Å². The van der Waals surface area contributed by atoms with Crippen molar-refractivity contribution in [1.29, 1.82) is 0 Å². The largest absolute Gasteiger partial charge is 0.391 e. The molecule has 0 spiro atoms. The lowest BCUT2D eigenvalue weighted by atomic mass is 9.85. The van der Waals surface area contributed by atoms with E-state index in [1.165, 1.54) is 6.07 Å². The Bertz CT molecular complexity index is 468. The molecule has 1 aromatic heterocycles. The standard InChI is InChI=1S/C12H15F3N2O2S/c13-12(14,15)8-1-3-9(4-2-8)16-7-10-5-6-11(20-10)17(18)19/h5-6,8-9,16H,1-4,7H2. The molecule has 1 aliphatic rings. The topological polar surface area (TPSA) is 55.2 Å². The Balaban J connectivity index is 1.77. The van der Waals surface area contributed by atoms with Crippen molar-refractivity contribution in [2.24, 2.45) is 5.92 Å². The van der Waals surface area contributed by atoms with Crippen LogP contribution in [0.3, 0.4) is 0 Å². The van der Waals surface area contributed by atoms with Crippen LogP contribution in [0.25, 0.3) is 0 Å². The highest BCUT2D eigenvalue weighted by Gasteiger charge is 2.41. The summed E-state index contributed by atoms with van der Waals surface area (Å²) in [4.78, 5) is 10.9. The predicted molar refractivity (Wildman–Crippen MR) is 69.6 cm³/mol. The highest BCUT2D eigenvalue weighted by atomic mass is 32.1. The van der Waals surface area contributed by atoms with Crippen molar-refractivity contribution in [3.63, 3.8) is 0 Å². The van der Waals surface area contributed by atoms with E-state index in [-0.39, 0.29) is 23.9 Å². The van der Waals surface area contributed by atoms with Gasteiger partial charge in [-0.05, 0) is 31.7 Å². The number of nitro groups is 1. The van der Waals surface area contributed by atoms with Crippen LogP contribution in [0.2, 0.25) is 0 Å². The summed E-state index contributed by atoms with van der Waals surface area (Å²) in [5.74, 6) is -1.18. The number of halogens is 3. The quantitative estimate of drug-likeness (QED) is 0.678. The molecular formula is C12H15F3N2O2S. The minimum Gasteiger partial charge on any atom is -0.309 e. The molecule has 4 nitrogen and oxygen atoms in total. The van der Waals surface area contributed by atoms with Crippen molar-refractivity contribution < 1.29 is 18.1 Å². The molecule has 0 bridgehead atoms. The molecule has 0 amide bonds. The van der Waals surface area contributed by atoms with E-state index in [1.54, 1.807) is 6.07 Å². The summed E-state index contributed by atoms with van der Waals surface area (Å²) in [5, 5.41) is 13.8. The number of alkyl halides is 3. The molecule has 0 unspecified atom stereocenters. The first-order valence-electron chi connectivity index (χ1n) is 6.39. The summed E-state index contributed by atoms with van der Waals surface area (Å²) in [7, 11) is 0. The van der Waals surface area contributed by atoms with Gasteiger partial charge in [-0.25, -0.2) is 0 Å². The average molecular weight is 308 g/mol. The Hall–Kier alpha value is -1.15. The van der Waals surface area contributed by atoms with E-state index in [2.05, 4.69) is 5.32 Å². The fourth-order valence-corrected chi connectivity index (χ4v) is 3.20. The van der Waals surface area contributed by atoms with Crippen LogP contribution in [-0.2, 0) is 6.54 Å².